The quantitative estimate of drug-likeness (QED) is 0.918. The summed E-state index contributed by atoms with van der Waals surface area (Å²) in [7, 11) is 1.78. The SMILES string of the molecule is CCC(C)Oc1cc(C(=O)Nc2cc(C)nn2C)ccn1. The number of nitrogens with zero attached hydrogens (tertiary/aromatic N) is 3. The fraction of sp³-hybridized carbons (Fsp3) is 0.400. The van der Waals surface area contributed by atoms with Gasteiger partial charge in [-0.2, -0.15) is 5.10 Å². The van der Waals surface area contributed by atoms with Crippen molar-refractivity contribution >= 4 is 11.7 Å². The number of hydrogen-bond donors (Lipinski definition) is 1. The van der Waals surface area contributed by atoms with Gasteiger partial charge in [-0.3, -0.25) is 9.48 Å². The lowest BCUT2D eigenvalue weighted by atomic mass is 10.2. The molecule has 0 fully saturated rings. The number of anilines is 1. The lowest BCUT2D eigenvalue weighted by molar-refractivity contribution is 0.102. The predicted octanol–water partition coefficient (Wildman–Crippen LogP) is 2.55. The van der Waals surface area contributed by atoms with Gasteiger partial charge in [0.05, 0.1) is 11.8 Å². The van der Waals surface area contributed by atoms with Gasteiger partial charge in [0.2, 0.25) is 5.88 Å². The van der Waals surface area contributed by atoms with Crippen molar-refractivity contribution in [2.45, 2.75) is 33.3 Å². The third-order valence-electron chi connectivity index (χ3n) is 3.14. The average Bonchev–Trinajstić information content (AvgIpc) is 2.77. The molecular weight excluding hydrogens is 268 g/mol. The van der Waals surface area contributed by atoms with E-state index in [2.05, 4.69) is 15.4 Å². The topological polar surface area (TPSA) is 69.0 Å². The molecule has 1 atom stereocenters. The average molecular weight is 288 g/mol. The zero-order chi connectivity index (χ0) is 15.4. The first-order valence-corrected chi connectivity index (χ1v) is 6.94. The van der Waals surface area contributed by atoms with Gasteiger partial charge < -0.3 is 10.1 Å². The number of carbonyl (C=O) groups excluding carboxylic acids is 1. The van der Waals surface area contributed by atoms with E-state index in [1.165, 1.54) is 0 Å². The summed E-state index contributed by atoms with van der Waals surface area (Å²) in [6.45, 7) is 5.87. The second kappa shape index (κ2) is 6.39. The lowest BCUT2D eigenvalue weighted by Crippen LogP contribution is -2.16. The molecule has 0 bridgehead atoms. The van der Waals surface area contributed by atoms with Crippen LogP contribution in [0.1, 0.15) is 36.3 Å². The Morgan fingerprint density at radius 2 is 2.24 bits per heavy atom. The van der Waals surface area contributed by atoms with Crippen LogP contribution < -0.4 is 10.1 Å². The van der Waals surface area contributed by atoms with E-state index in [-0.39, 0.29) is 12.0 Å². The maximum atomic E-state index is 12.2. The summed E-state index contributed by atoms with van der Waals surface area (Å²) in [5.41, 5.74) is 1.35. The number of hydrogen-bond acceptors (Lipinski definition) is 4. The van der Waals surface area contributed by atoms with E-state index in [1.54, 1.807) is 30.1 Å². The minimum atomic E-state index is -0.214. The maximum absolute atomic E-state index is 12.2. The standard InChI is InChI=1S/C15H20N4O2/c1-5-11(3)21-14-9-12(6-7-16-14)15(20)17-13-8-10(2)18-19(13)4/h6-9,11H,5H2,1-4H3,(H,17,20). The molecule has 0 aromatic carbocycles. The zero-order valence-electron chi connectivity index (χ0n) is 12.8. The van der Waals surface area contributed by atoms with Crippen molar-refractivity contribution in [3.8, 4) is 5.88 Å². The van der Waals surface area contributed by atoms with Crippen LogP contribution in [0.5, 0.6) is 5.88 Å². The Balaban J connectivity index is 2.12. The number of aryl methyl sites for hydroxylation is 2. The highest BCUT2D eigenvalue weighted by atomic mass is 16.5. The van der Waals surface area contributed by atoms with E-state index in [0.717, 1.165) is 12.1 Å². The molecule has 21 heavy (non-hydrogen) atoms. The number of carbonyl (C=O) groups is 1. The van der Waals surface area contributed by atoms with Crippen LogP contribution in [-0.4, -0.2) is 26.8 Å². The molecule has 0 aliphatic heterocycles. The Morgan fingerprint density at radius 1 is 1.48 bits per heavy atom. The molecule has 0 radical (unpaired) electrons. The first kappa shape index (κ1) is 15.0. The normalized spacial score (nSPS) is 12.0. The van der Waals surface area contributed by atoms with Crippen LogP contribution in [0.2, 0.25) is 0 Å². The minimum Gasteiger partial charge on any atom is -0.475 e. The summed E-state index contributed by atoms with van der Waals surface area (Å²) in [6.07, 6.45) is 2.52. The van der Waals surface area contributed by atoms with Crippen molar-refractivity contribution in [2.24, 2.45) is 7.05 Å². The summed E-state index contributed by atoms with van der Waals surface area (Å²) in [5, 5.41) is 7.01. The Morgan fingerprint density at radius 3 is 2.86 bits per heavy atom. The van der Waals surface area contributed by atoms with Gasteiger partial charge >= 0.3 is 0 Å². The van der Waals surface area contributed by atoms with Crippen LogP contribution in [0.4, 0.5) is 5.82 Å². The Hall–Kier alpha value is -2.37. The Bertz CT molecular complexity index is 636. The highest BCUT2D eigenvalue weighted by molar-refractivity contribution is 6.03. The first-order chi connectivity index (χ1) is 9.99. The monoisotopic (exact) mass is 288 g/mol. The number of amides is 1. The predicted molar refractivity (Wildman–Crippen MR) is 80.5 cm³/mol. The van der Waals surface area contributed by atoms with Crippen molar-refractivity contribution < 1.29 is 9.53 Å². The summed E-state index contributed by atoms with van der Waals surface area (Å²) < 4.78 is 7.25. The van der Waals surface area contributed by atoms with E-state index in [1.807, 2.05) is 26.8 Å². The molecule has 0 saturated carbocycles. The third-order valence-corrected chi connectivity index (χ3v) is 3.14. The van der Waals surface area contributed by atoms with Gasteiger partial charge in [0.15, 0.2) is 0 Å². The minimum absolute atomic E-state index is 0.0653. The van der Waals surface area contributed by atoms with Crippen LogP contribution in [0.15, 0.2) is 24.4 Å². The lowest BCUT2D eigenvalue weighted by Gasteiger charge is -2.12. The summed E-state index contributed by atoms with van der Waals surface area (Å²) in [4.78, 5) is 16.4. The molecule has 2 heterocycles. The van der Waals surface area contributed by atoms with Crippen molar-refractivity contribution in [1.82, 2.24) is 14.8 Å². The maximum Gasteiger partial charge on any atom is 0.257 e. The fourth-order valence-electron chi connectivity index (χ4n) is 1.82. The van der Waals surface area contributed by atoms with Crippen LogP contribution >= 0.6 is 0 Å². The summed E-state index contributed by atoms with van der Waals surface area (Å²) in [5.74, 6) is 0.895. The highest BCUT2D eigenvalue weighted by Gasteiger charge is 2.11. The van der Waals surface area contributed by atoms with Gasteiger partial charge in [-0.05, 0) is 26.3 Å². The van der Waals surface area contributed by atoms with Gasteiger partial charge in [-0.15, -0.1) is 0 Å². The number of ether oxygens (including phenoxy) is 1. The molecule has 112 valence electrons. The molecule has 2 aromatic heterocycles. The molecule has 2 aromatic rings. The molecule has 0 aliphatic carbocycles. The number of nitrogens with one attached hydrogen (secondary N) is 1. The van der Waals surface area contributed by atoms with Gasteiger partial charge in [-0.25, -0.2) is 4.98 Å². The van der Waals surface area contributed by atoms with E-state index >= 15 is 0 Å². The third kappa shape index (κ3) is 3.81. The van der Waals surface area contributed by atoms with E-state index in [4.69, 9.17) is 4.74 Å². The molecule has 1 amide bonds. The molecule has 0 aliphatic rings. The van der Waals surface area contributed by atoms with Crippen LogP contribution in [0.25, 0.3) is 0 Å². The van der Waals surface area contributed by atoms with Crippen molar-refractivity contribution in [1.29, 1.82) is 0 Å². The smallest absolute Gasteiger partial charge is 0.257 e. The molecule has 0 saturated heterocycles. The van der Waals surface area contributed by atoms with Crippen LogP contribution in [0.3, 0.4) is 0 Å². The molecule has 6 heteroatoms. The molecule has 1 unspecified atom stereocenters. The largest absolute Gasteiger partial charge is 0.475 e. The van der Waals surface area contributed by atoms with Crippen molar-refractivity contribution in [2.75, 3.05) is 5.32 Å². The molecular formula is C15H20N4O2. The molecule has 6 nitrogen and oxygen atoms in total. The van der Waals surface area contributed by atoms with Crippen molar-refractivity contribution in [3.63, 3.8) is 0 Å². The summed E-state index contributed by atoms with van der Waals surface area (Å²) >= 11 is 0. The van der Waals surface area contributed by atoms with Gasteiger partial charge in [-0.1, -0.05) is 6.92 Å². The molecule has 1 N–H and O–H groups in total. The molecule has 2 rings (SSSR count). The van der Waals surface area contributed by atoms with Crippen LogP contribution in [0, 0.1) is 6.92 Å². The van der Waals surface area contributed by atoms with E-state index in [9.17, 15) is 4.79 Å². The van der Waals surface area contributed by atoms with E-state index in [0.29, 0.717) is 17.3 Å². The van der Waals surface area contributed by atoms with Crippen molar-refractivity contribution in [3.05, 3.63) is 35.7 Å². The van der Waals surface area contributed by atoms with E-state index < -0.39 is 0 Å². The fourth-order valence-corrected chi connectivity index (χ4v) is 1.82. The highest BCUT2D eigenvalue weighted by Crippen LogP contribution is 2.15. The number of aromatic nitrogens is 3. The zero-order valence-corrected chi connectivity index (χ0v) is 12.8. The second-order valence-corrected chi connectivity index (χ2v) is 4.97. The van der Waals surface area contributed by atoms with Gasteiger partial charge in [0.25, 0.3) is 5.91 Å². The van der Waals surface area contributed by atoms with Gasteiger partial charge in [0.1, 0.15) is 5.82 Å². The Labute approximate surface area is 124 Å². The first-order valence-electron chi connectivity index (χ1n) is 6.94. The van der Waals surface area contributed by atoms with Gasteiger partial charge in [0, 0.05) is 30.9 Å². The van der Waals surface area contributed by atoms with Crippen LogP contribution in [-0.2, 0) is 7.05 Å². The molecule has 0 spiro atoms. The second-order valence-electron chi connectivity index (χ2n) is 4.97. The number of pyridine rings is 1. The Kier molecular flexibility index (Phi) is 4.57. The number of rotatable bonds is 5. The summed E-state index contributed by atoms with van der Waals surface area (Å²) in [6, 6.07) is 5.11.